The molecule has 2 aliphatic rings. The Morgan fingerprint density at radius 1 is 1.06 bits per heavy atom. The molecule has 1 saturated carbocycles. The highest BCUT2D eigenvalue weighted by molar-refractivity contribution is 7.92. The van der Waals surface area contributed by atoms with Crippen LogP contribution >= 0.6 is 0 Å². The number of ketones is 1. The van der Waals surface area contributed by atoms with E-state index in [0.29, 0.717) is 12.2 Å². The molecule has 3 atom stereocenters. The quantitative estimate of drug-likeness (QED) is 0.525. The van der Waals surface area contributed by atoms with E-state index >= 15 is 0 Å². The van der Waals surface area contributed by atoms with Gasteiger partial charge in [0.2, 0.25) is 0 Å². The number of ether oxygens (including phenoxy) is 1. The maximum atomic E-state index is 12.9. The van der Waals surface area contributed by atoms with Gasteiger partial charge < -0.3 is 9.64 Å². The van der Waals surface area contributed by atoms with Crippen molar-refractivity contribution in [3.8, 4) is 0 Å². The van der Waals surface area contributed by atoms with Crippen LogP contribution in [0.5, 0.6) is 0 Å². The van der Waals surface area contributed by atoms with Gasteiger partial charge in [0.15, 0.2) is 9.84 Å². The summed E-state index contributed by atoms with van der Waals surface area (Å²) in [5.41, 5.74) is 2.24. The molecule has 1 aromatic carbocycles. The average molecular weight is 464 g/mol. The van der Waals surface area contributed by atoms with Crippen LogP contribution in [-0.2, 0) is 25.8 Å². The molecule has 0 N–H and O–H groups in total. The molecule has 0 amide bonds. The van der Waals surface area contributed by atoms with Crippen LogP contribution in [0.2, 0.25) is 0 Å². The fourth-order valence-corrected chi connectivity index (χ4v) is 7.20. The number of anilines is 1. The van der Waals surface area contributed by atoms with E-state index in [9.17, 15) is 13.2 Å². The monoisotopic (exact) mass is 463 g/mol. The van der Waals surface area contributed by atoms with Crippen molar-refractivity contribution in [1.29, 1.82) is 0 Å². The van der Waals surface area contributed by atoms with Crippen LogP contribution in [0.4, 0.5) is 5.69 Å². The summed E-state index contributed by atoms with van der Waals surface area (Å²) in [4.78, 5) is 15.2. The van der Waals surface area contributed by atoms with E-state index in [-0.39, 0.29) is 35.0 Å². The van der Waals surface area contributed by atoms with Crippen molar-refractivity contribution < 1.29 is 17.9 Å². The van der Waals surface area contributed by atoms with Gasteiger partial charge in [-0.05, 0) is 76.5 Å². The van der Waals surface area contributed by atoms with Gasteiger partial charge in [0, 0.05) is 31.1 Å². The summed E-state index contributed by atoms with van der Waals surface area (Å²) in [6, 6.07) is 8.38. The number of benzene rings is 1. The predicted molar refractivity (Wildman–Crippen MR) is 131 cm³/mol. The molecule has 1 aromatic rings. The minimum absolute atomic E-state index is 0.0719. The summed E-state index contributed by atoms with van der Waals surface area (Å²) in [5.74, 6) is 0.866. The fourth-order valence-electron chi connectivity index (χ4n) is 5.29. The van der Waals surface area contributed by atoms with Gasteiger partial charge in [-0.15, -0.1) is 0 Å². The zero-order valence-electron chi connectivity index (χ0n) is 20.3. The molecule has 1 unspecified atom stereocenters. The summed E-state index contributed by atoms with van der Waals surface area (Å²) >= 11 is 0. The van der Waals surface area contributed by atoms with Gasteiger partial charge in [0.25, 0.3) is 0 Å². The molecule has 6 heteroatoms. The molecule has 32 heavy (non-hydrogen) atoms. The van der Waals surface area contributed by atoms with Crippen LogP contribution in [0.1, 0.15) is 71.8 Å². The lowest BCUT2D eigenvalue weighted by molar-refractivity contribution is -0.123. The van der Waals surface area contributed by atoms with E-state index in [1.807, 2.05) is 13.8 Å². The molecule has 3 rings (SSSR count). The Bertz CT molecular complexity index is 833. The normalized spacial score (nSPS) is 27.8. The molecule has 0 bridgehead atoms. The number of rotatable bonds is 9. The van der Waals surface area contributed by atoms with Gasteiger partial charge in [0.1, 0.15) is 5.78 Å². The first kappa shape index (κ1) is 25.2. The van der Waals surface area contributed by atoms with E-state index in [1.165, 1.54) is 5.69 Å². The van der Waals surface area contributed by atoms with Crippen molar-refractivity contribution in [3.05, 3.63) is 29.8 Å². The highest BCUT2D eigenvalue weighted by Gasteiger charge is 2.31. The minimum Gasteiger partial charge on any atom is -0.372 e. The highest BCUT2D eigenvalue weighted by Crippen LogP contribution is 2.32. The second-order valence-corrected chi connectivity index (χ2v) is 12.6. The predicted octanol–water partition coefficient (Wildman–Crippen LogP) is 4.82. The van der Waals surface area contributed by atoms with Crippen molar-refractivity contribution >= 4 is 21.3 Å². The van der Waals surface area contributed by atoms with E-state index in [2.05, 4.69) is 43.0 Å². The summed E-state index contributed by atoms with van der Waals surface area (Å²) < 4.78 is 30.9. The first-order valence-corrected chi connectivity index (χ1v) is 14.1. The Morgan fingerprint density at radius 2 is 1.66 bits per heavy atom. The maximum absolute atomic E-state index is 12.9. The van der Waals surface area contributed by atoms with Crippen molar-refractivity contribution in [2.45, 2.75) is 90.1 Å². The molecule has 0 radical (unpaired) electrons. The van der Waals surface area contributed by atoms with Crippen molar-refractivity contribution in [3.63, 3.8) is 0 Å². The lowest BCUT2D eigenvalue weighted by Crippen LogP contribution is -2.45. The standard InChI is InChI=1S/C26H41NO4S/c1-5-6-21(4)32(29,30)18-23-7-11-24(12-8-23)26(28)15-22-9-13-25(14-10-22)27-16-19(2)31-20(3)17-27/h9-10,13-14,19-21,23-24H,5-8,11-12,15-18H2,1-4H3/t19-,20+,21?,23?,24?. The zero-order chi connectivity index (χ0) is 23.3. The number of carbonyl (C=O) groups is 1. The number of hydrogen-bond donors (Lipinski definition) is 0. The lowest BCUT2D eigenvalue weighted by Gasteiger charge is -2.36. The number of morpholine rings is 1. The summed E-state index contributed by atoms with van der Waals surface area (Å²) in [6.07, 6.45) is 5.89. The third kappa shape index (κ3) is 6.80. The number of Topliss-reactive ketones (excluding diaryl/α,β-unsaturated/α-hetero) is 1. The number of hydrogen-bond acceptors (Lipinski definition) is 5. The second kappa shape index (κ2) is 11.1. The number of nitrogens with zero attached hydrogens (tertiary/aromatic N) is 1. The highest BCUT2D eigenvalue weighted by atomic mass is 32.2. The molecular formula is C26H41NO4S. The van der Waals surface area contributed by atoms with Crippen LogP contribution < -0.4 is 4.90 Å². The van der Waals surface area contributed by atoms with Crippen LogP contribution in [0.25, 0.3) is 0 Å². The van der Waals surface area contributed by atoms with Gasteiger partial charge in [-0.1, -0.05) is 25.5 Å². The Morgan fingerprint density at radius 3 is 2.22 bits per heavy atom. The Hall–Kier alpha value is -1.40. The molecule has 180 valence electrons. The first-order chi connectivity index (χ1) is 15.2. The molecule has 1 saturated heterocycles. The molecule has 0 spiro atoms. The van der Waals surface area contributed by atoms with Gasteiger partial charge in [-0.2, -0.15) is 0 Å². The van der Waals surface area contributed by atoms with Crippen LogP contribution in [0.15, 0.2) is 24.3 Å². The van der Waals surface area contributed by atoms with Gasteiger partial charge in [0.05, 0.1) is 23.2 Å². The van der Waals surface area contributed by atoms with Crippen LogP contribution in [-0.4, -0.2) is 50.5 Å². The van der Waals surface area contributed by atoms with E-state index < -0.39 is 9.84 Å². The molecule has 1 aliphatic carbocycles. The molecular weight excluding hydrogens is 422 g/mol. The lowest BCUT2D eigenvalue weighted by atomic mass is 9.79. The molecule has 1 heterocycles. The van der Waals surface area contributed by atoms with Crippen molar-refractivity contribution in [2.75, 3.05) is 23.7 Å². The number of sulfone groups is 1. The minimum atomic E-state index is -3.03. The fraction of sp³-hybridized carbons (Fsp3) is 0.731. The smallest absolute Gasteiger partial charge is 0.153 e. The Labute approximate surface area is 194 Å². The van der Waals surface area contributed by atoms with Gasteiger partial charge >= 0.3 is 0 Å². The molecule has 1 aliphatic heterocycles. The summed E-state index contributed by atoms with van der Waals surface area (Å²) in [6.45, 7) is 9.84. The largest absolute Gasteiger partial charge is 0.372 e. The summed E-state index contributed by atoms with van der Waals surface area (Å²) in [7, 11) is -3.03. The third-order valence-corrected chi connectivity index (χ3v) is 9.58. The Kier molecular flexibility index (Phi) is 8.79. The van der Waals surface area contributed by atoms with Crippen molar-refractivity contribution in [1.82, 2.24) is 0 Å². The van der Waals surface area contributed by atoms with E-state index in [1.54, 1.807) is 0 Å². The van der Waals surface area contributed by atoms with Crippen molar-refractivity contribution in [2.24, 2.45) is 11.8 Å². The third-order valence-electron chi connectivity index (χ3n) is 7.18. The molecule has 2 fully saturated rings. The molecule has 0 aromatic heterocycles. The molecule has 5 nitrogen and oxygen atoms in total. The maximum Gasteiger partial charge on any atom is 0.153 e. The SMILES string of the molecule is CCCC(C)S(=O)(=O)CC1CCC(C(=O)Cc2ccc(N3C[C@@H](C)O[C@@H](C)C3)cc2)CC1. The zero-order valence-corrected chi connectivity index (χ0v) is 21.1. The van der Waals surface area contributed by atoms with Crippen LogP contribution in [0, 0.1) is 11.8 Å². The van der Waals surface area contributed by atoms with E-state index in [0.717, 1.165) is 57.2 Å². The Balaban J connectivity index is 1.48. The van der Waals surface area contributed by atoms with Gasteiger partial charge in [-0.25, -0.2) is 8.42 Å². The van der Waals surface area contributed by atoms with E-state index in [4.69, 9.17) is 4.74 Å². The summed E-state index contributed by atoms with van der Waals surface area (Å²) in [5, 5.41) is -0.251. The van der Waals surface area contributed by atoms with Crippen LogP contribution in [0.3, 0.4) is 0 Å². The average Bonchev–Trinajstić information content (AvgIpc) is 2.74. The van der Waals surface area contributed by atoms with Gasteiger partial charge in [-0.3, -0.25) is 4.79 Å². The number of carbonyl (C=O) groups excluding carboxylic acids is 1. The topological polar surface area (TPSA) is 63.7 Å². The first-order valence-electron chi connectivity index (χ1n) is 12.4. The second-order valence-electron chi connectivity index (χ2n) is 10.1.